The lowest BCUT2D eigenvalue weighted by molar-refractivity contribution is 0.0745. The Morgan fingerprint density at radius 1 is 1.12 bits per heavy atom. The number of amides is 1. The van der Waals surface area contributed by atoms with Crippen molar-refractivity contribution in [2.75, 3.05) is 37.9 Å². The van der Waals surface area contributed by atoms with Crippen LogP contribution in [0.1, 0.15) is 29.4 Å². The zero-order valence-corrected chi connectivity index (χ0v) is 18.5. The van der Waals surface area contributed by atoms with Crippen LogP contribution >= 0.6 is 0 Å². The minimum Gasteiger partial charge on any atom is -0.454 e. The van der Waals surface area contributed by atoms with E-state index < -0.39 is 0 Å². The molecule has 0 unspecified atom stereocenters. The Kier molecular flexibility index (Phi) is 4.99. The Hall–Kier alpha value is -3.56. The second-order valence-corrected chi connectivity index (χ2v) is 8.12. The Morgan fingerprint density at radius 2 is 1.88 bits per heavy atom. The molecule has 1 saturated heterocycles. The van der Waals surface area contributed by atoms with E-state index >= 15 is 0 Å². The van der Waals surface area contributed by atoms with Crippen LogP contribution in [0.2, 0.25) is 0 Å². The van der Waals surface area contributed by atoms with Crippen LogP contribution in [0, 0.1) is 6.92 Å². The highest BCUT2D eigenvalue weighted by molar-refractivity contribution is 5.95. The van der Waals surface area contributed by atoms with Gasteiger partial charge in [0.2, 0.25) is 12.7 Å². The number of ether oxygens (including phenoxy) is 2. The summed E-state index contributed by atoms with van der Waals surface area (Å²) < 4.78 is 14.1. The third-order valence-corrected chi connectivity index (χ3v) is 6.01. The van der Waals surface area contributed by atoms with Crippen molar-refractivity contribution in [2.24, 2.45) is 7.05 Å². The number of piperazine rings is 1. The van der Waals surface area contributed by atoms with Gasteiger partial charge in [0.15, 0.2) is 17.0 Å². The standard InChI is InChI=1S/C22H26N6O4/c1-4-7-28-21(30)19-18(14(2)24-25(19)3)23-22(28)27-10-8-26(9-11-27)20(29)15-5-6-16-17(12-15)32-13-31-16/h5-6,12H,4,7-11,13H2,1-3H3. The van der Waals surface area contributed by atoms with Crippen LogP contribution in [-0.4, -0.2) is 63.1 Å². The van der Waals surface area contributed by atoms with Gasteiger partial charge in [0.1, 0.15) is 5.52 Å². The predicted molar refractivity (Wildman–Crippen MR) is 118 cm³/mol. The largest absolute Gasteiger partial charge is 0.454 e. The number of fused-ring (bicyclic) bond motifs is 2. The zero-order chi connectivity index (χ0) is 22.4. The number of hydrogen-bond acceptors (Lipinski definition) is 7. The van der Waals surface area contributed by atoms with Gasteiger partial charge in [-0.2, -0.15) is 5.10 Å². The number of aromatic nitrogens is 4. The third-order valence-electron chi connectivity index (χ3n) is 6.01. The highest BCUT2D eigenvalue weighted by atomic mass is 16.7. The van der Waals surface area contributed by atoms with Crippen LogP contribution in [0.3, 0.4) is 0 Å². The van der Waals surface area contributed by atoms with Gasteiger partial charge in [0, 0.05) is 45.3 Å². The van der Waals surface area contributed by atoms with Crippen molar-refractivity contribution in [1.82, 2.24) is 24.2 Å². The molecule has 1 amide bonds. The summed E-state index contributed by atoms with van der Waals surface area (Å²) in [4.78, 5) is 35.0. The fourth-order valence-corrected chi connectivity index (χ4v) is 4.39. The molecule has 2 aliphatic heterocycles. The maximum Gasteiger partial charge on any atom is 0.281 e. The van der Waals surface area contributed by atoms with Crippen molar-refractivity contribution < 1.29 is 14.3 Å². The van der Waals surface area contributed by atoms with Crippen molar-refractivity contribution in [1.29, 1.82) is 0 Å². The summed E-state index contributed by atoms with van der Waals surface area (Å²) >= 11 is 0. The Bertz CT molecular complexity index is 1260. The van der Waals surface area contributed by atoms with Crippen molar-refractivity contribution in [3.63, 3.8) is 0 Å². The summed E-state index contributed by atoms with van der Waals surface area (Å²) in [5, 5.41) is 4.38. The van der Waals surface area contributed by atoms with E-state index in [4.69, 9.17) is 14.5 Å². The van der Waals surface area contributed by atoms with Crippen molar-refractivity contribution in [3.05, 3.63) is 39.8 Å². The zero-order valence-electron chi connectivity index (χ0n) is 18.5. The van der Waals surface area contributed by atoms with Gasteiger partial charge < -0.3 is 19.3 Å². The van der Waals surface area contributed by atoms with E-state index in [0.29, 0.717) is 66.8 Å². The summed E-state index contributed by atoms with van der Waals surface area (Å²) in [7, 11) is 1.77. The SMILES string of the molecule is CCCn1c(N2CCN(C(=O)c3ccc4c(c3)OCO4)CC2)nc2c(C)nn(C)c2c1=O. The molecule has 10 heteroatoms. The molecule has 2 aromatic heterocycles. The minimum absolute atomic E-state index is 0.0413. The minimum atomic E-state index is -0.0752. The van der Waals surface area contributed by atoms with Crippen molar-refractivity contribution >= 4 is 22.9 Å². The van der Waals surface area contributed by atoms with Crippen LogP contribution in [-0.2, 0) is 13.6 Å². The number of benzene rings is 1. The molecule has 32 heavy (non-hydrogen) atoms. The molecule has 168 valence electrons. The second kappa shape index (κ2) is 7.85. The topological polar surface area (TPSA) is 94.7 Å². The van der Waals surface area contributed by atoms with Gasteiger partial charge in [-0.25, -0.2) is 4.98 Å². The van der Waals surface area contributed by atoms with Crippen LogP contribution in [0.5, 0.6) is 11.5 Å². The molecule has 3 aromatic rings. The first-order valence-electron chi connectivity index (χ1n) is 10.9. The van der Waals surface area contributed by atoms with Gasteiger partial charge in [-0.3, -0.25) is 18.8 Å². The number of rotatable bonds is 4. The molecule has 0 N–H and O–H groups in total. The van der Waals surface area contributed by atoms with Crippen LogP contribution in [0.15, 0.2) is 23.0 Å². The Labute approximate surface area is 184 Å². The number of carbonyl (C=O) groups excluding carboxylic acids is 1. The Balaban J connectivity index is 1.39. The van der Waals surface area contributed by atoms with E-state index in [0.717, 1.165) is 12.1 Å². The molecule has 0 spiro atoms. The second-order valence-electron chi connectivity index (χ2n) is 8.12. The first-order valence-corrected chi connectivity index (χ1v) is 10.9. The van der Waals surface area contributed by atoms with Crippen LogP contribution in [0.25, 0.3) is 11.0 Å². The van der Waals surface area contributed by atoms with Gasteiger partial charge in [-0.15, -0.1) is 0 Å². The van der Waals surface area contributed by atoms with E-state index in [1.54, 1.807) is 34.5 Å². The highest BCUT2D eigenvalue weighted by Crippen LogP contribution is 2.33. The van der Waals surface area contributed by atoms with E-state index in [2.05, 4.69) is 10.00 Å². The molecule has 10 nitrogen and oxygen atoms in total. The molecule has 0 saturated carbocycles. The van der Waals surface area contributed by atoms with Crippen LogP contribution < -0.4 is 19.9 Å². The normalized spacial score (nSPS) is 15.6. The average Bonchev–Trinajstić information content (AvgIpc) is 3.38. The summed E-state index contributed by atoms with van der Waals surface area (Å²) in [5.74, 6) is 1.87. The van der Waals surface area contributed by atoms with Gasteiger partial charge in [-0.1, -0.05) is 6.92 Å². The predicted octanol–water partition coefficient (Wildman–Crippen LogP) is 1.54. The molecule has 0 aliphatic carbocycles. The van der Waals surface area contributed by atoms with Gasteiger partial charge >= 0.3 is 0 Å². The van der Waals surface area contributed by atoms with Gasteiger partial charge in [0.05, 0.1) is 5.69 Å². The van der Waals surface area contributed by atoms with E-state index in [-0.39, 0.29) is 18.3 Å². The van der Waals surface area contributed by atoms with E-state index in [1.807, 2.05) is 18.7 Å². The summed E-state index contributed by atoms with van der Waals surface area (Å²) in [6.45, 7) is 6.94. The van der Waals surface area contributed by atoms with E-state index in [1.165, 1.54) is 0 Å². The summed E-state index contributed by atoms with van der Waals surface area (Å²) in [6.07, 6.45) is 0.819. The Morgan fingerprint density at radius 3 is 2.62 bits per heavy atom. The fourth-order valence-electron chi connectivity index (χ4n) is 4.39. The molecular formula is C22H26N6O4. The molecule has 4 heterocycles. The molecule has 1 aromatic carbocycles. The maximum absolute atomic E-state index is 13.2. The number of hydrogen-bond donors (Lipinski definition) is 0. The molecular weight excluding hydrogens is 412 g/mol. The molecule has 1 fully saturated rings. The smallest absolute Gasteiger partial charge is 0.281 e. The molecule has 0 bridgehead atoms. The number of anilines is 1. The third kappa shape index (κ3) is 3.26. The van der Waals surface area contributed by atoms with Gasteiger partial charge in [0.25, 0.3) is 11.5 Å². The monoisotopic (exact) mass is 438 g/mol. The fraction of sp³-hybridized carbons (Fsp3) is 0.455. The quantitative estimate of drug-likeness (QED) is 0.610. The lowest BCUT2D eigenvalue weighted by atomic mass is 10.1. The molecule has 0 atom stereocenters. The number of carbonyl (C=O) groups is 1. The van der Waals surface area contributed by atoms with Gasteiger partial charge in [-0.05, 0) is 31.5 Å². The first kappa shape index (κ1) is 20.3. The first-order chi connectivity index (χ1) is 15.5. The highest BCUT2D eigenvalue weighted by Gasteiger charge is 2.27. The van der Waals surface area contributed by atoms with Crippen molar-refractivity contribution in [2.45, 2.75) is 26.8 Å². The lowest BCUT2D eigenvalue weighted by Crippen LogP contribution is -2.50. The molecule has 0 radical (unpaired) electrons. The van der Waals surface area contributed by atoms with Crippen molar-refractivity contribution in [3.8, 4) is 11.5 Å². The molecule has 5 rings (SSSR count). The van der Waals surface area contributed by atoms with E-state index in [9.17, 15) is 9.59 Å². The van der Waals surface area contributed by atoms with Crippen LogP contribution in [0.4, 0.5) is 5.95 Å². The summed E-state index contributed by atoms with van der Waals surface area (Å²) in [6, 6.07) is 5.27. The summed E-state index contributed by atoms with van der Waals surface area (Å²) in [5.41, 5.74) is 2.40. The lowest BCUT2D eigenvalue weighted by Gasteiger charge is -2.36. The number of nitrogens with zero attached hydrogens (tertiary/aromatic N) is 6. The number of aryl methyl sites for hydroxylation is 2. The maximum atomic E-state index is 13.2. The molecule has 2 aliphatic rings. The average molecular weight is 438 g/mol.